The number of hydrogen-bond acceptors (Lipinski definition) is 15. The van der Waals surface area contributed by atoms with Gasteiger partial charge in [-0.05, 0) is 77.0 Å². The van der Waals surface area contributed by atoms with Crippen molar-refractivity contribution in [2.24, 2.45) is 0 Å². The molecule has 2 aliphatic rings. The Hall–Kier alpha value is -2.80. The van der Waals surface area contributed by atoms with Crippen LogP contribution in [0.2, 0.25) is 0 Å². The molecular formula is C51H86O15. The summed E-state index contributed by atoms with van der Waals surface area (Å²) in [6.45, 7) is 2.40. The molecule has 2 fully saturated rings. The number of rotatable bonds is 37. The van der Waals surface area contributed by atoms with E-state index in [4.69, 9.17) is 28.4 Å². The van der Waals surface area contributed by atoms with Crippen LogP contribution in [0.1, 0.15) is 155 Å². The topological polar surface area (TPSA) is 231 Å². The molecule has 0 aromatic carbocycles. The van der Waals surface area contributed by atoms with E-state index in [-0.39, 0.29) is 19.4 Å². The molecular weight excluding hydrogens is 853 g/mol. The Morgan fingerprint density at radius 3 is 1.55 bits per heavy atom. The average molecular weight is 939 g/mol. The first-order valence-electron chi connectivity index (χ1n) is 24.9. The van der Waals surface area contributed by atoms with Gasteiger partial charge >= 0.3 is 11.9 Å². The number of unbranched alkanes of at least 4 members (excludes halogenated alkanes) is 13. The van der Waals surface area contributed by atoms with Crippen molar-refractivity contribution >= 4 is 11.9 Å². The number of hydrogen-bond donors (Lipinski definition) is 7. The summed E-state index contributed by atoms with van der Waals surface area (Å²) < 4.78 is 33.5. The van der Waals surface area contributed by atoms with Gasteiger partial charge in [0.25, 0.3) is 0 Å². The van der Waals surface area contributed by atoms with E-state index in [0.717, 1.165) is 77.0 Å². The van der Waals surface area contributed by atoms with Crippen molar-refractivity contribution in [3.63, 3.8) is 0 Å². The first-order chi connectivity index (χ1) is 32.0. The first kappa shape index (κ1) is 59.3. The lowest BCUT2D eigenvalue weighted by Crippen LogP contribution is -2.61. The molecule has 0 radical (unpaired) electrons. The summed E-state index contributed by atoms with van der Waals surface area (Å²) in [6.07, 6.45) is 25.4. The van der Waals surface area contributed by atoms with Crippen LogP contribution in [0.3, 0.4) is 0 Å². The minimum Gasteiger partial charge on any atom is -0.462 e. The molecule has 0 saturated carbocycles. The van der Waals surface area contributed by atoms with Crippen molar-refractivity contribution in [1.29, 1.82) is 0 Å². The van der Waals surface area contributed by atoms with Crippen LogP contribution < -0.4 is 0 Å². The largest absolute Gasteiger partial charge is 0.462 e. The molecule has 15 nitrogen and oxygen atoms in total. The van der Waals surface area contributed by atoms with Crippen LogP contribution in [0.5, 0.6) is 0 Å². The van der Waals surface area contributed by atoms with E-state index in [1.54, 1.807) is 0 Å². The van der Waals surface area contributed by atoms with Gasteiger partial charge in [0.15, 0.2) is 18.7 Å². The maximum absolute atomic E-state index is 13.0. The summed E-state index contributed by atoms with van der Waals surface area (Å²) >= 11 is 0. The van der Waals surface area contributed by atoms with Gasteiger partial charge in [0.05, 0.1) is 19.8 Å². The van der Waals surface area contributed by atoms with Gasteiger partial charge in [-0.2, -0.15) is 0 Å². The molecule has 66 heavy (non-hydrogen) atoms. The van der Waals surface area contributed by atoms with E-state index in [2.05, 4.69) is 74.6 Å². The number of allylic oxidation sites excluding steroid dienone is 10. The van der Waals surface area contributed by atoms with Gasteiger partial charge < -0.3 is 64.2 Å². The standard InChI is InChI=1S/C51H86O15/c1-3-5-7-9-11-13-15-17-19-21-23-25-27-29-31-33-42(53)61-36-39(64-43(54)34-32-30-28-26-24-22-20-18-16-14-12-10-8-6-4-2)37-62-50-49(60)47(58)45(56)41(66-50)38-63-51-48(59)46(57)44(55)40(35-52)65-51/h5,7,11,13,17-20,23,25,39-41,44-52,55-60H,3-4,6,8-10,12,14-16,21-22,24,26-38H2,1-2H3/b7-5+,13-11+,19-17+,20-18+,25-23+/t39-,40-,41-,44+,45+,46?,47?,48?,49?,50-,51-/m1/s1. The second kappa shape index (κ2) is 38.1. The van der Waals surface area contributed by atoms with Crippen LogP contribution in [0.15, 0.2) is 60.8 Å². The molecule has 4 unspecified atom stereocenters. The summed E-state index contributed by atoms with van der Waals surface area (Å²) in [5, 5.41) is 72.0. The van der Waals surface area contributed by atoms with Crippen molar-refractivity contribution in [1.82, 2.24) is 0 Å². The highest BCUT2D eigenvalue weighted by Gasteiger charge is 2.47. The Bertz CT molecular complexity index is 1380. The predicted octanol–water partition coefficient (Wildman–Crippen LogP) is 6.49. The number of ether oxygens (including phenoxy) is 6. The van der Waals surface area contributed by atoms with E-state index in [1.165, 1.54) is 38.5 Å². The third-order valence-electron chi connectivity index (χ3n) is 11.5. The zero-order chi connectivity index (χ0) is 48.2. The Kier molecular flexibility index (Phi) is 34.2. The van der Waals surface area contributed by atoms with Crippen molar-refractivity contribution in [3.8, 4) is 0 Å². The molecule has 2 saturated heterocycles. The number of carbonyl (C=O) groups excluding carboxylic acids is 2. The van der Waals surface area contributed by atoms with E-state index < -0.39 is 99.3 Å². The highest BCUT2D eigenvalue weighted by molar-refractivity contribution is 5.70. The summed E-state index contributed by atoms with van der Waals surface area (Å²) in [5.74, 6) is -0.988. The molecule has 0 spiro atoms. The van der Waals surface area contributed by atoms with Crippen LogP contribution in [-0.4, -0.2) is 142 Å². The molecule has 0 aromatic heterocycles. The van der Waals surface area contributed by atoms with Gasteiger partial charge in [0.1, 0.15) is 55.4 Å². The third-order valence-corrected chi connectivity index (χ3v) is 11.5. The highest BCUT2D eigenvalue weighted by atomic mass is 16.7. The Labute approximate surface area is 394 Å². The fraction of sp³-hybridized carbons (Fsp3) is 0.765. The molecule has 7 N–H and O–H groups in total. The van der Waals surface area contributed by atoms with Crippen LogP contribution in [0.25, 0.3) is 0 Å². The molecule has 0 aromatic rings. The van der Waals surface area contributed by atoms with Crippen molar-refractivity contribution in [2.45, 2.75) is 223 Å². The zero-order valence-corrected chi connectivity index (χ0v) is 39.9. The van der Waals surface area contributed by atoms with Gasteiger partial charge in [0, 0.05) is 12.8 Å². The van der Waals surface area contributed by atoms with E-state index in [1.807, 2.05) is 0 Å². The predicted molar refractivity (Wildman–Crippen MR) is 252 cm³/mol. The number of esters is 2. The van der Waals surface area contributed by atoms with Crippen LogP contribution >= 0.6 is 0 Å². The second-order valence-electron chi connectivity index (χ2n) is 17.3. The summed E-state index contributed by atoms with van der Waals surface area (Å²) in [4.78, 5) is 25.7. The molecule has 2 aliphatic heterocycles. The lowest BCUT2D eigenvalue weighted by molar-refractivity contribution is -0.332. The number of carbonyl (C=O) groups is 2. The lowest BCUT2D eigenvalue weighted by Gasteiger charge is -2.42. The lowest BCUT2D eigenvalue weighted by atomic mass is 9.98. The van der Waals surface area contributed by atoms with Crippen LogP contribution in [-0.2, 0) is 38.0 Å². The Morgan fingerprint density at radius 1 is 0.500 bits per heavy atom. The van der Waals surface area contributed by atoms with Crippen LogP contribution in [0, 0.1) is 0 Å². The smallest absolute Gasteiger partial charge is 0.306 e. The highest BCUT2D eigenvalue weighted by Crippen LogP contribution is 2.26. The molecule has 2 rings (SSSR count). The molecule has 11 atom stereocenters. The van der Waals surface area contributed by atoms with Crippen molar-refractivity contribution in [3.05, 3.63) is 60.8 Å². The number of aliphatic hydroxyl groups excluding tert-OH is 7. The van der Waals surface area contributed by atoms with Crippen molar-refractivity contribution in [2.75, 3.05) is 26.4 Å². The summed E-state index contributed by atoms with van der Waals surface area (Å²) in [6, 6.07) is 0. The number of aliphatic hydroxyl groups is 7. The maximum Gasteiger partial charge on any atom is 0.306 e. The fourth-order valence-corrected chi connectivity index (χ4v) is 7.38. The summed E-state index contributed by atoms with van der Waals surface area (Å²) in [7, 11) is 0. The molecule has 15 heteroatoms. The monoisotopic (exact) mass is 939 g/mol. The Balaban J connectivity index is 1.85. The van der Waals surface area contributed by atoms with Gasteiger partial charge in [0.2, 0.25) is 0 Å². The first-order valence-corrected chi connectivity index (χ1v) is 24.9. The molecule has 380 valence electrons. The van der Waals surface area contributed by atoms with Gasteiger partial charge in [-0.3, -0.25) is 9.59 Å². The molecule has 0 bridgehead atoms. The zero-order valence-electron chi connectivity index (χ0n) is 39.9. The average Bonchev–Trinajstić information content (AvgIpc) is 3.31. The van der Waals surface area contributed by atoms with Gasteiger partial charge in [-0.25, -0.2) is 0 Å². The van der Waals surface area contributed by atoms with Gasteiger partial charge in [-0.1, -0.05) is 126 Å². The minimum absolute atomic E-state index is 0.144. The second-order valence-corrected chi connectivity index (χ2v) is 17.3. The van der Waals surface area contributed by atoms with E-state index >= 15 is 0 Å². The summed E-state index contributed by atoms with van der Waals surface area (Å²) in [5.41, 5.74) is 0. The SMILES string of the molecule is CC/C=C/C/C=C/C/C=C/C/C=C/CCCCC(=O)OC[C@H](CO[C@@H]1O[C@H](CO[C@@H]2O[C@H](CO)[C@H](O)C(O)C2O)[C@H](O)C(O)C1O)OC(=O)CCCCCCC/C=C/CCCCCCCC. The third kappa shape index (κ3) is 26.1. The van der Waals surface area contributed by atoms with Crippen LogP contribution in [0.4, 0.5) is 0 Å². The molecule has 2 heterocycles. The van der Waals surface area contributed by atoms with Crippen molar-refractivity contribution < 1.29 is 73.8 Å². The minimum atomic E-state index is -1.77. The van der Waals surface area contributed by atoms with Gasteiger partial charge in [-0.15, -0.1) is 0 Å². The van der Waals surface area contributed by atoms with E-state index in [0.29, 0.717) is 12.8 Å². The quantitative estimate of drug-likeness (QED) is 0.0201. The maximum atomic E-state index is 13.0. The molecule has 0 aliphatic carbocycles. The van der Waals surface area contributed by atoms with E-state index in [9.17, 15) is 45.3 Å². The fourth-order valence-electron chi connectivity index (χ4n) is 7.38. The Morgan fingerprint density at radius 2 is 0.955 bits per heavy atom. The molecule has 0 amide bonds. The normalized spacial score (nSPS) is 26.7.